The Morgan fingerprint density at radius 1 is 1.27 bits per heavy atom. The minimum Gasteiger partial charge on any atom is -0.330 e. The lowest BCUT2D eigenvalue weighted by atomic mass is 9.58. The topological polar surface area (TPSA) is 26.0 Å². The smallest absolute Gasteiger partial charge is 0.249 e. The largest absolute Gasteiger partial charge is 0.330 e. The van der Waals surface area contributed by atoms with E-state index in [-0.39, 0.29) is 18.3 Å². The number of hydrogen-bond acceptors (Lipinski definition) is 1. The van der Waals surface area contributed by atoms with Gasteiger partial charge in [-0.1, -0.05) is 13.8 Å². The maximum absolute atomic E-state index is 13.0. The highest BCUT2D eigenvalue weighted by Gasteiger charge is 2.60. The second-order valence-electron chi connectivity index (χ2n) is 6.38. The minimum atomic E-state index is -2.44. The third-order valence-electron chi connectivity index (χ3n) is 4.46. The van der Waals surface area contributed by atoms with Crippen LogP contribution >= 0.6 is 0 Å². The van der Waals surface area contributed by atoms with Crippen LogP contribution in [-0.4, -0.2) is 12.5 Å². The van der Waals surface area contributed by atoms with Crippen molar-refractivity contribution in [3.8, 4) is 0 Å². The molecule has 0 aliphatic heterocycles. The minimum absolute atomic E-state index is 0.0250. The first-order valence-corrected chi connectivity index (χ1v) is 5.87. The molecule has 1 unspecified atom stereocenters. The fraction of sp³-hybridized carbons (Fsp3) is 1.00. The molecule has 0 heterocycles. The van der Waals surface area contributed by atoms with E-state index in [1.165, 1.54) is 0 Å². The maximum Gasteiger partial charge on any atom is 0.249 e. The van der Waals surface area contributed by atoms with Gasteiger partial charge in [0.1, 0.15) is 0 Å². The Morgan fingerprint density at radius 2 is 1.87 bits per heavy atom. The van der Waals surface area contributed by atoms with Crippen LogP contribution in [0.25, 0.3) is 0 Å². The monoisotopic (exact) mass is 217 g/mol. The zero-order chi connectivity index (χ0) is 11.3. The molecule has 0 spiro atoms. The highest BCUT2D eigenvalue weighted by Crippen LogP contribution is 2.61. The van der Waals surface area contributed by atoms with Gasteiger partial charge in [-0.25, -0.2) is 8.78 Å². The molecule has 0 aromatic carbocycles. The Morgan fingerprint density at radius 3 is 2.20 bits per heavy atom. The molecule has 0 bridgehead atoms. The molecule has 2 saturated carbocycles. The summed E-state index contributed by atoms with van der Waals surface area (Å²) in [6.07, 6.45) is 3.36. The molecule has 2 N–H and O–H groups in total. The van der Waals surface area contributed by atoms with Gasteiger partial charge in [0.05, 0.1) is 0 Å². The molecule has 0 saturated heterocycles. The second-order valence-corrected chi connectivity index (χ2v) is 6.38. The Bertz CT molecular complexity index is 252. The molecule has 1 atom stereocenters. The van der Waals surface area contributed by atoms with Crippen LogP contribution in [0.2, 0.25) is 0 Å². The van der Waals surface area contributed by atoms with Crippen molar-refractivity contribution in [1.82, 2.24) is 0 Å². The van der Waals surface area contributed by atoms with Crippen LogP contribution in [0.3, 0.4) is 0 Å². The van der Waals surface area contributed by atoms with E-state index in [0.717, 1.165) is 19.3 Å². The summed E-state index contributed by atoms with van der Waals surface area (Å²) in [7, 11) is 0. The van der Waals surface area contributed by atoms with Crippen molar-refractivity contribution in [2.45, 2.75) is 51.9 Å². The molecule has 0 amide bonds. The third-order valence-corrected chi connectivity index (χ3v) is 4.46. The van der Waals surface area contributed by atoms with Crippen molar-refractivity contribution in [2.75, 3.05) is 6.54 Å². The van der Waals surface area contributed by atoms with E-state index in [1.807, 2.05) is 0 Å². The summed E-state index contributed by atoms with van der Waals surface area (Å²) in [5.74, 6) is -2.01. The van der Waals surface area contributed by atoms with Crippen LogP contribution in [0.5, 0.6) is 0 Å². The van der Waals surface area contributed by atoms with Crippen LogP contribution in [0, 0.1) is 16.7 Å². The lowest BCUT2D eigenvalue weighted by Gasteiger charge is -2.51. The van der Waals surface area contributed by atoms with Gasteiger partial charge in [-0.3, -0.25) is 0 Å². The van der Waals surface area contributed by atoms with Crippen LogP contribution in [0.1, 0.15) is 46.0 Å². The number of halogens is 2. The van der Waals surface area contributed by atoms with Gasteiger partial charge in [-0.15, -0.1) is 0 Å². The average molecular weight is 217 g/mol. The molecular weight excluding hydrogens is 196 g/mol. The van der Waals surface area contributed by atoms with E-state index in [9.17, 15) is 8.78 Å². The summed E-state index contributed by atoms with van der Waals surface area (Å²) >= 11 is 0. The molecule has 2 fully saturated rings. The highest BCUT2D eigenvalue weighted by atomic mass is 19.3. The van der Waals surface area contributed by atoms with Gasteiger partial charge in [-0.05, 0) is 42.6 Å². The summed E-state index contributed by atoms with van der Waals surface area (Å²) < 4.78 is 26.0. The van der Waals surface area contributed by atoms with E-state index in [4.69, 9.17) is 5.73 Å². The van der Waals surface area contributed by atoms with Gasteiger partial charge in [-0.2, -0.15) is 0 Å². The normalized spacial score (nSPS) is 36.2. The van der Waals surface area contributed by atoms with Gasteiger partial charge in [0, 0.05) is 12.8 Å². The van der Waals surface area contributed by atoms with E-state index in [2.05, 4.69) is 13.8 Å². The predicted octanol–water partition coefficient (Wildman–Crippen LogP) is 3.19. The standard InChI is InChI=1S/C12H21F2N/c1-10(2)4-3-9(5-10)11(8-15)6-12(13,14)7-11/h9H,3-8,15H2,1-2H3. The predicted molar refractivity (Wildman–Crippen MR) is 56.8 cm³/mol. The first-order valence-electron chi connectivity index (χ1n) is 5.87. The first-order chi connectivity index (χ1) is 6.79. The quantitative estimate of drug-likeness (QED) is 0.755. The van der Waals surface area contributed by atoms with Crippen molar-refractivity contribution in [1.29, 1.82) is 0 Å². The van der Waals surface area contributed by atoms with Gasteiger partial charge in [0.2, 0.25) is 5.92 Å². The zero-order valence-corrected chi connectivity index (χ0v) is 9.65. The van der Waals surface area contributed by atoms with Crippen LogP contribution in [0.4, 0.5) is 8.78 Å². The summed E-state index contributed by atoms with van der Waals surface area (Å²) in [5, 5.41) is 0. The van der Waals surface area contributed by atoms with Crippen molar-refractivity contribution < 1.29 is 8.78 Å². The lowest BCUT2D eigenvalue weighted by Crippen LogP contribution is -2.54. The van der Waals surface area contributed by atoms with Crippen molar-refractivity contribution in [3.63, 3.8) is 0 Å². The number of rotatable bonds is 2. The number of hydrogen-bond donors (Lipinski definition) is 1. The molecule has 2 aliphatic rings. The van der Waals surface area contributed by atoms with E-state index >= 15 is 0 Å². The van der Waals surface area contributed by atoms with Crippen LogP contribution in [0.15, 0.2) is 0 Å². The number of alkyl halides is 2. The Balaban J connectivity index is 2.04. The second kappa shape index (κ2) is 3.16. The van der Waals surface area contributed by atoms with E-state index in [1.54, 1.807) is 0 Å². The summed E-state index contributed by atoms with van der Waals surface area (Å²) in [5.41, 5.74) is 5.82. The van der Waals surface area contributed by atoms with Crippen LogP contribution < -0.4 is 5.73 Å². The molecule has 15 heavy (non-hydrogen) atoms. The highest BCUT2D eigenvalue weighted by molar-refractivity contribution is 5.06. The maximum atomic E-state index is 13.0. The average Bonchev–Trinajstić information content (AvgIpc) is 2.41. The van der Waals surface area contributed by atoms with E-state index in [0.29, 0.717) is 17.9 Å². The van der Waals surface area contributed by atoms with Gasteiger partial charge in [0.15, 0.2) is 0 Å². The summed E-state index contributed by atoms with van der Waals surface area (Å²) in [6, 6.07) is 0. The molecule has 2 rings (SSSR count). The fourth-order valence-electron chi connectivity index (χ4n) is 3.54. The Kier molecular flexibility index (Phi) is 2.38. The van der Waals surface area contributed by atoms with Gasteiger partial charge < -0.3 is 5.73 Å². The molecule has 3 heteroatoms. The Hall–Kier alpha value is -0.180. The third kappa shape index (κ3) is 1.91. The summed E-state index contributed by atoms with van der Waals surface area (Å²) in [6.45, 7) is 4.89. The van der Waals surface area contributed by atoms with Gasteiger partial charge in [0.25, 0.3) is 0 Å². The fourth-order valence-corrected chi connectivity index (χ4v) is 3.54. The molecule has 1 nitrogen and oxygen atoms in total. The summed E-state index contributed by atoms with van der Waals surface area (Å²) in [4.78, 5) is 0. The Labute approximate surface area is 90.4 Å². The first kappa shape index (κ1) is 11.3. The lowest BCUT2D eigenvalue weighted by molar-refractivity contribution is -0.179. The molecular formula is C12H21F2N. The molecule has 2 aliphatic carbocycles. The van der Waals surface area contributed by atoms with E-state index < -0.39 is 5.92 Å². The SMILES string of the molecule is CC1(C)CCC(C2(CN)CC(F)(F)C2)C1. The van der Waals surface area contributed by atoms with Crippen molar-refractivity contribution in [2.24, 2.45) is 22.5 Å². The van der Waals surface area contributed by atoms with Crippen LogP contribution in [-0.2, 0) is 0 Å². The zero-order valence-electron chi connectivity index (χ0n) is 9.65. The molecule has 88 valence electrons. The number of nitrogens with two attached hydrogens (primary N) is 1. The molecule has 0 aromatic heterocycles. The molecule has 0 aromatic rings. The molecule has 0 radical (unpaired) electrons. The van der Waals surface area contributed by atoms with Crippen molar-refractivity contribution in [3.05, 3.63) is 0 Å². The van der Waals surface area contributed by atoms with Crippen molar-refractivity contribution >= 4 is 0 Å². The van der Waals surface area contributed by atoms with Gasteiger partial charge >= 0.3 is 0 Å².